The highest BCUT2D eigenvalue weighted by atomic mass is 15.2. The second-order valence-corrected chi connectivity index (χ2v) is 5.59. The van der Waals surface area contributed by atoms with E-state index in [0.717, 1.165) is 30.2 Å². The number of rotatable bonds is 5. The third-order valence-corrected chi connectivity index (χ3v) is 2.63. The van der Waals surface area contributed by atoms with Gasteiger partial charge in [-0.15, -0.1) is 0 Å². The summed E-state index contributed by atoms with van der Waals surface area (Å²) in [5.41, 5.74) is 7.82. The predicted molar refractivity (Wildman–Crippen MR) is 75.3 cm³/mol. The van der Waals surface area contributed by atoms with Crippen molar-refractivity contribution in [3.8, 4) is 0 Å². The maximum atomic E-state index is 5.95. The number of pyridine rings is 1. The number of aryl methyl sites for hydroxylation is 1. The van der Waals surface area contributed by atoms with Gasteiger partial charge in [0.1, 0.15) is 5.82 Å². The summed E-state index contributed by atoms with van der Waals surface area (Å²) in [7, 11) is 0. The van der Waals surface area contributed by atoms with Gasteiger partial charge in [-0.3, -0.25) is 0 Å². The summed E-state index contributed by atoms with van der Waals surface area (Å²) in [6.07, 6.45) is 1.86. The van der Waals surface area contributed by atoms with Gasteiger partial charge in [-0.25, -0.2) is 4.98 Å². The summed E-state index contributed by atoms with van der Waals surface area (Å²) < 4.78 is 0. The summed E-state index contributed by atoms with van der Waals surface area (Å²) in [6.45, 7) is 12.9. The monoisotopic (exact) mass is 235 g/mol. The molecule has 0 spiro atoms. The molecule has 0 saturated carbocycles. The molecular formula is C14H25N3. The number of aromatic nitrogens is 1. The van der Waals surface area contributed by atoms with Crippen LogP contribution in [-0.4, -0.2) is 18.1 Å². The van der Waals surface area contributed by atoms with E-state index in [4.69, 9.17) is 5.73 Å². The first-order chi connectivity index (χ1) is 7.90. The maximum Gasteiger partial charge on any atom is 0.130 e. The van der Waals surface area contributed by atoms with E-state index < -0.39 is 0 Å². The molecule has 0 aromatic carbocycles. The second kappa shape index (κ2) is 5.89. The van der Waals surface area contributed by atoms with Crippen LogP contribution < -0.4 is 10.6 Å². The molecule has 1 heterocycles. The van der Waals surface area contributed by atoms with Crippen LogP contribution >= 0.6 is 0 Å². The highest BCUT2D eigenvalue weighted by Crippen LogP contribution is 2.19. The molecule has 0 atom stereocenters. The molecular weight excluding hydrogens is 210 g/mol. The summed E-state index contributed by atoms with van der Waals surface area (Å²) in [4.78, 5) is 6.82. The van der Waals surface area contributed by atoms with Crippen LogP contribution in [0.15, 0.2) is 12.3 Å². The van der Waals surface area contributed by atoms with Crippen molar-refractivity contribution in [3.05, 3.63) is 17.8 Å². The Kier molecular flexibility index (Phi) is 4.79. The number of nitrogens with zero attached hydrogens (tertiary/aromatic N) is 2. The van der Waals surface area contributed by atoms with Gasteiger partial charge < -0.3 is 10.6 Å². The van der Waals surface area contributed by atoms with E-state index in [0.29, 0.717) is 11.8 Å². The summed E-state index contributed by atoms with van der Waals surface area (Å²) in [6, 6.07) is 1.99. The number of hydrogen-bond acceptors (Lipinski definition) is 3. The van der Waals surface area contributed by atoms with Crippen LogP contribution in [0.4, 0.5) is 11.5 Å². The van der Waals surface area contributed by atoms with Crippen LogP contribution in [0.25, 0.3) is 0 Å². The molecule has 0 aliphatic rings. The zero-order chi connectivity index (χ0) is 13.0. The Bertz CT molecular complexity index is 348. The summed E-state index contributed by atoms with van der Waals surface area (Å²) in [5, 5.41) is 0. The van der Waals surface area contributed by atoms with Crippen LogP contribution in [0.5, 0.6) is 0 Å². The standard InChI is InChI=1S/C14H25N3/c1-10(2)8-17(9-11(3)4)14-6-13(15)12(5)7-16-14/h6-7,10-11H,8-9H2,1-5H3,(H2,15,16). The van der Waals surface area contributed by atoms with E-state index >= 15 is 0 Å². The van der Waals surface area contributed by atoms with Gasteiger partial charge in [0.15, 0.2) is 0 Å². The molecule has 96 valence electrons. The minimum atomic E-state index is 0.623. The smallest absolute Gasteiger partial charge is 0.130 e. The van der Waals surface area contributed by atoms with Crippen molar-refractivity contribution in [2.45, 2.75) is 34.6 Å². The highest BCUT2D eigenvalue weighted by Gasteiger charge is 2.12. The molecule has 0 aliphatic heterocycles. The molecule has 0 bridgehead atoms. The third-order valence-electron chi connectivity index (χ3n) is 2.63. The molecule has 2 N–H and O–H groups in total. The van der Waals surface area contributed by atoms with Crippen LogP contribution in [0.3, 0.4) is 0 Å². The molecule has 3 nitrogen and oxygen atoms in total. The van der Waals surface area contributed by atoms with Crippen molar-refractivity contribution in [2.24, 2.45) is 11.8 Å². The molecule has 1 rings (SSSR count). The fraction of sp³-hybridized carbons (Fsp3) is 0.643. The van der Waals surface area contributed by atoms with Crippen molar-refractivity contribution in [1.82, 2.24) is 4.98 Å². The lowest BCUT2D eigenvalue weighted by molar-refractivity contribution is 0.549. The molecule has 0 amide bonds. The summed E-state index contributed by atoms with van der Waals surface area (Å²) in [5.74, 6) is 2.24. The number of anilines is 2. The average molecular weight is 235 g/mol. The first-order valence-electron chi connectivity index (χ1n) is 6.37. The number of nitrogen functional groups attached to an aromatic ring is 1. The van der Waals surface area contributed by atoms with Gasteiger partial charge in [-0.2, -0.15) is 0 Å². The van der Waals surface area contributed by atoms with Gasteiger partial charge in [0.25, 0.3) is 0 Å². The fourth-order valence-electron chi connectivity index (χ4n) is 1.84. The average Bonchev–Trinajstić information content (AvgIpc) is 2.19. The van der Waals surface area contributed by atoms with Gasteiger partial charge in [0, 0.05) is 31.0 Å². The van der Waals surface area contributed by atoms with Gasteiger partial charge in [0.2, 0.25) is 0 Å². The summed E-state index contributed by atoms with van der Waals surface area (Å²) >= 11 is 0. The Balaban J connectivity index is 2.91. The topological polar surface area (TPSA) is 42.2 Å². The lowest BCUT2D eigenvalue weighted by Gasteiger charge is -2.27. The normalized spacial score (nSPS) is 11.2. The molecule has 17 heavy (non-hydrogen) atoms. The molecule has 0 unspecified atom stereocenters. The van der Waals surface area contributed by atoms with Gasteiger partial charge in [-0.05, 0) is 24.3 Å². The second-order valence-electron chi connectivity index (χ2n) is 5.59. The lowest BCUT2D eigenvalue weighted by Crippen LogP contribution is -2.32. The Morgan fingerprint density at radius 1 is 1.18 bits per heavy atom. The van der Waals surface area contributed by atoms with Crippen LogP contribution in [0, 0.1) is 18.8 Å². The SMILES string of the molecule is Cc1cnc(N(CC(C)C)CC(C)C)cc1N. The minimum absolute atomic E-state index is 0.623. The van der Waals surface area contributed by atoms with Gasteiger partial charge in [-0.1, -0.05) is 27.7 Å². The van der Waals surface area contributed by atoms with Crippen LogP contribution in [0.2, 0.25) is 0 Å². The largest absolute Gasteiger partial charge is 0.398 e. The Morgan fingerprint density at radius 3 is 2.12 bits per heavy atom. The van der Waals surface area contributed by atoms with Crippen molar-refractivity contribution in [3.63, 3.8) is 0 Å². The van der Waals surface area contributed by atoms with Crippen LogP contribution in [0.1, 0.15) is 33.3 Å². The van der Waals surface area contributed by atoms with Crippen LogP contribution in [-0.2, 0) is 0 Å². The molecule has 1 aromatic rings. The Hall–Kier alpha value is -1.25. The minimum Gasteiger partial charge on any atom is -0.398 e. The van der Waals surface area contributed by atoms with Gasteiger partial charge in [0.05, 0.1) is 0 Å². The van der Waals surface area contributed by atoms with E-state index in [1.165, 1.54) is 0 Å². The number of nitrogens with two attached hydrogens (primary N) is 1. The predicted octanol–water partition coefficient (Wildman–Crippen LogP) is 3.09. The van der Waals surface area contributed by atoms with E-state index in [1.807, 2.05) is 19.2 Å². The van der Waals surface area contributed by atoms with E-state index in [-0.39, 0.29) is 0 Å². The molecule has 0 saturated heterocycles. The molecule has 0 aliphatic carbocycles. The zero-order valence-electron chi connectivity index (χ0n) is 11.7. The third kappa shape index (κ3) is 4.25. The first kappa shape index (κ1) is 13.8. The van der Waals surface area contributed by atoms with Gasteiger partial charge >= 0.3 is 0 Å². The number of hydrogen-bond donors (Lipinski definition) is 1. The molecule has 0 fully saturated rings. The zero-order valence-corrected chi connectivity index (χ0v) is 11.7. The van der Waals surface area contributed by atoms with E-state index in [2.05, 4.69) is 37.6 Å². The molecule has 1 aromatic heterocycles. The Morgan fingerprint density at radius 2 is 1.71 bits per heavy atom. The van der Waals surface area contributed by atoms with E-state index in [9.17, 15) is 0 Å². The first-order valence-corrected chi connectivity index (χ1v) is 6.37. The fourth-order valence-corrected chi connectivity index (χ4v) is 1.84. The highest BCUT2D eigenvalue weighted by molar-refractivity contribution is 5.54. The quantitative estimate of drug-likeness (QED) is 0.852. The van der Waals surface area contributed by atoms with E-state index in [1.54, 1.807) is 0 Å². The maximum absolute atomic E-state index is 5.95. The van der Waals surface area contributed by atoms with Crippen molar-refractivity contribution >= 4 is 11.5 Å². The Labute approximate surface area is 105 Å². The van der Waals surface area contributed by atoms with Crippen molar-refractivity contribution < 1.29 is 0 Å². The molecule has 0 radical (unpaired) electrons. The molecule has 3 heteroatoms. The van der Waals surface area contributed by atoms with Crippen molar-refractivity contribution in [1.29, 1.82) is 0 Å². The van der Waals surface area contributed by atoms with Crippen molar-refractivity contribution in [2.75, 3.05) is 23.7 Å². The lowest BCUT2D eigenvalue weighted by atomic mass is 10.1.